The van der Waals surface area contributed by atoms with Crippen LogP contribution in [-0.4, -0.2) is 41.9 Å². The summed E-state index contributed by atoms with van der Waals surface area (Å²) < 4.78 is 10.2. The average molecular weight is 345 g/mol. The van der Waals surface area contributed by atoms with Crippen molar-refractivity contribution in [2.24, 2.45) is 11.5 Å². The summed E-state index contributed by atoms with van der Waals surface area (Å²) in [4.78, 5) is 37.3. The van der Waals surface area contributed by atoms with E-state index in [9.17, 15) is 14.4 Å². The molecule has 0 aliphatic rings. The molecule has 0 bridgehead atoms. The summed E-state index contributed by atoms with van der Waals surface area (Å²) >= 11 is 0. The number of carbonyl (C=O) groups excluding carboxylic acids is 3. The fourth-order valence-electron chi connectivity index (χ4n) is 1.67. The van der Waals surface area contributed by atoms with E-state index >= 15 is 0 Å². The molecule has 24 heavy (non-hydrogen) atoms. The van der Waals surface area contributed by atoms with Crippen molar-refractivity contribution in [3.05, 3.63) is 0 Å². The van der Waals surface area contributed by atoms with Crippen LogP contribution >= 0.6 is 0 Å². The predicted molar refractivity (Wildman–Crippen MR) is 90.5 cm³/mol. The SMILES string of the molecule is CC(C)(C)OC(=O)[N+](C(=O)OC(C)(C)C)C(=O)[C@@H](N)CCCCN. The van der Waals surface area contributed by atoms with Gasteiger partial charge in [-0.15, -0.1) is 0 Å². The van der Waals surface area contributed by atoms with Gasteiger partial charge in [0.2, 0.25) is 0 Å². The lowest BCUT2D eigenvalue weighted by atomic mass is 10.1. The van der Waals surface area contributed by atoms with E-state index in [4.69, 9.17) is 20.9 Å². The van der Waals surface area contributed by atoms with Gasteiger partial charge >= 0.3 is 18.1 Å². The van der Waals surface area contributed by atoms with E-state index in [1.807, 2.05) is 0 Å². The molecule has 139 valence electrons. The Balaban J connectivity index is 5.27. The highest BCUT2D eigenvalue weighted by atomic mass is 16.6. The Bertz CT molecular complexity index is 424. The van der Waals surface area contributed by atoms with E-state index in [1.54, 1.807) is 41.5 Å². The molecule has 0 saturated heterocycles. The summed E-state index contributed by atoms with van der Waals surface area (Å²) in [6.07, 6.45) is -0.593. The van der Waals surface area contributed by atoms with Crippen molar-refractivity contribution < 1.29 is 23.9 Å². The van der Waals surface area contributed by atoms with E-state index in [1.165, 1.54) is 0 Å². The van der Waals surface area contributed by atoms with Crippen molar-refractivity contribution in [1.82, 2.24) is 4.90 Å². The predicted octanol–water partition coefficient (Wildman–Crippen LogP) is 1.98. The monoisotopic (exact) mass is 345 g/mol. The maximum Gasteiger partial charge on any atom is 0.587 e. The Morgan fingerprint density at radius 3 is 1.67 bits per heavy atom. The van der Waals surface area contributed by atoms with Crippen molar-refractivity contribution in [3.63, 3.8) is 0 Å². The molecule has 0 rings (SSSR count). The molecule has 0 saturated carbocycles. The largest absolute Gasteiger partial charge is 0.587 e. The zero-order valence-electron chi connectivity index (χ0n) is 15.5. The minimum absolute atomic E-state index is 0.304. The van der Waals surface area contributed by atoms with Crippen molar-refractivity contribution in [2.45, 2.75) is 78.0 Å². The van der Waals surface area contributed by atoms with Crippen LogP contribution in [0.1, 0.15) is 60.8 Å². The van der Waals surface area contributed by atoms with E-state index in [2.05, 4.69) is 0 Å². The molecule has 0 heterocycles. The fraction of sp³-hybridized carbons (Fsp3) is 0.812. The third-order valence-electron chi connectivity index (χ3n) is 2.66. The number of hydrogen-bond acceptors (Lipinski definition) is 7. The van der Waals surface area contributed by atoms with E-state index in [-0.39, 0.29) is 0 Å². The third kappa shape index (κ3) is 8.95. The Hall–Kier alpha value is -1.51. The second kappa shape index (κ2) is 9.10. The van der Waals surface area contributed by atoms with Crippen LogP contribution in [0.5, 0.6) is 0 Å². The number of amides is 3. The Morgan fingerprint density at radius 2 is 1.33 bits per heavy atom. The molecule has 4 N–H and O–H groups in total. The number of carbonyl (C=O) groups is 3. The molecule has 8 nitrogen and oxygen atoms in total. The van der Waals surface area contributed by atoms with Crippen LogP contribution in [0.15, 0.2) is 0 Å². The first-order chi connectivity index (χ1) is 10.8. The molecule has 1 atom stereocenters. The van der Waals surface area contributed by atoms with Gasteiger partial charge in [-0.25, -0.2) is 4.79 Å². The van der Waals surface area contributed by atoms with Crippen LogP contribution in [0.3, 0.4) is 0 Å². The summed E-state index contributed by atoms with van der Waals surface area (Å²) in [5.41, 5.74) is 9.47. The summed E-state index contributed by atoms with van der Waals surface area (Å²) in [7, 11) is 0. The number of unbranched alkanes of at least 4 members (excludes halogenated alkanes) is 1. The van der Waals surface area contributed by atoms with Crippen molar-refractivity contribution in [2.75, 3.05) is 6.54 Å². The molecule has 8 heteroatoms. The molecule has 0 fully saturated rings. The Morgan fingerprint density at radius 1 is 0.917 bits per heavy atom. The molecule has 0 unspecified atom stereocenters. The smallest absolute Gasteiger partial charge is 0.410 e. The van der Waals surface area contributed by atoms with Crippen LogP contribution in [0, 0.1) is 0 Å². The number of nitrogens with zero attached hydrogens (tertiary/aromatic N) is 1. The van der Waals surface area contributed by atoms with Crippen LogP contribution in [0.25, 0.3) is 0 Å². The minimum Gasteiger partial charge on any atom is -0.410 e. The van der Waals surface area contributed by atoms with Gasteiger partial charge in [0.05, 0.1) is 0 Å². The van der Waals surface area contributed by atoms with Crippen LogP contribution in [-0.2, 0) is 14.3 Å². The van der Waals surface area contributed by atoms with Crippen LogP contribution in [0.4, 0.5) is 9.59 Å². The molecule has 0 aliphatic carbocycles. The number of ether oxygens (including phenoxy) is 2. The van der Waals surface area contributed by atoms with E-state index in [0.717, 1.165) is 0 Å². The second-order valence-electron chi connectivity index (χ2n) is 7.53. The lowest BCUT2D eigenvalue weighted by Crippen LogP contribution is -2.56. The number of imide groups is 3. The maximum atomic E-state index is 12.5. The van der Waals surface area contributed by atoms with Gasteiger partial charge in [0.25, 0.3) is 0 Å². The van der Waals surface area contributed by atoms with E-state index in [0.29, 0.717) is 30.7 Å². The zero-order valence-corrected chi connectivity index (χ0v) is 15.5. The van der Waals surface area contributed by atoms with Gasteiger partial charge in [-0.2, -0.15) is 9.59 Å². The molecular formula is C16H31N3O5+. The number of rotatable bonds is 5. The van der Waals surface area contributed by atoms with Gasteiger partial charge in [0.15, 0.2) is 0 Å². The normalized spacial score (nSPS) is 13.5. The Labute approximate surface area is 143 Å². The molecule has 3 amide bonds. The van der Waals surface area contributed by atoms with Gasteiger partial charge < -0.3 is 20.9 Å². The molecule has 0 spiro atoms. The zero-order chi connectivity index (χ0) is 19.1. The highest BCUT2D eigenvalue weighted by molar-refractivity contribution is 6.12. The van der Waals surface area contributed by atoms with Gasteiger partial charge in [-0.1, -0.05) is 0 Å². The second-order valence-corrected chi connectivity index (χ2v) is 7.53. The summed E-state index contributed by atoms with van der Waals surface area (Å²) in [6.45, 7) is 10.2. The molecule has 0 aromatic rings. The number of nitrogens with two attached hydrogens (primary N) is 2. The van der Waals surface area contributed by atoms with Gasteiger partial charge in [-0.3, -0.25) is 0 Å². The average Bonchev–Trinajstić information content (AvgIpc) is 2.34. The third-order valence-corrected chi connectivity index (χ3v) is 2.66. The molecule has 1 radical (unpaired) electrons. The number of hydrogen-bond donors (Lipinski definition) is 2. The molecule has 0 aromatic carbocycles. The molecule has 0 aromatic heterocycles. The quantitative estimate of drug-likeness (QED) is 0.576. The summed E-state index contributed by atoms with van der Waals surface area (Å²) in [6, 6.07) is -1.02. The van der Waals surface area contributed by atoms with Crippen LogP contribution < -0.4 is 16.4 Å². The minimum atomic E-state index is -1.10. The summed E-state index contributed by atoms with van der Waals surface area (Å²) in [5.74, 6) is -0.851. The van der Waals surface area contributed by atoms with Crippen molar-refractivity contribution >= 4 is 18.1 Å². The highest BCUT2D eigenvalue weighted by Crippen LogP contribution is 2.14. The van der Waals surface area contributed by atoms with Gasteiger partial charge in [0, 0.05) is 0 Å². The highest BCUT2D eigenvalue weighted by Gasteiger charge is 2.52. The lowest BCUT2D eigenvalue weighted by molar-refractivity contribution is -0.126. The lowest BCUT2D eigenvalue weighted by Gasteiger charge is -2.21. The van der Waals surface area contributed by atoms with Gasteiger partial charge in [-0.05, 0) is 67.3 Å². The first-order valence-corrected chi connectivity index (χ1v) is 8.04. The van der Waals surface area contributed by atoms with Crippen molar-refractivity contribution in [3.8, 4) is 0 Å². The van der Waals surface area contributed by atoms with Crippen LogP contribution in [0.2, 0.25) is 0 Å². The molecular weight excluding hydrogens is 314 g/mol. The first kappa shape index (κ1) is 22.5. The van der Waals surface area contributed by atoms with Crippen molar-refractivity contribution in [1.29, 1.82) is 0 Å². The molecule has 0 aliphatic heterocycles. The van der Waals surface area contributed by atoms with Gasteiger partial charge in [0.1, 0.15) is 22.1 Å². The maximum absolute atomic E-state index is 12.5. The van der Waals surface area contributed by atoms with E-state index < -0.39 is 35.3 Å². The fourth-order valence-corrected chi connectivity index (χ4v) is 1.67. The first-order valence-electron chi connectivity index (χ1n) is 8.04. The Kier molecular flexibility index (Phi) is 8.53. The topological polar surface area (TPSA) is 128 Å². The standard InChI is InChI=1S/C16H31N3O5/c1-15(2,3)23-13(21)19(14(22)24-16(4,5)6)12(20)11(18)9-7-8-10-17/h11H,7-10,17-18H2,1-6H3/q+1/t11-/m0/s1. The summed E-state index contributed by atoms with van der Waals surface area (Å²) in [5, 5.41) is 0.